The Morgan fingerprint density at radius 1 is 1.00 bits per heavy atom. The summed E-state index contributed by atoms with van der Waals surface area (Å²) >= 11 is 0. The number of benzene rings is 1. The first-order valence-corrected chi connectivity index (χ1v) is 10.3. The molecule has 1 atom stereocenters. The molecule has 0 radical (unpaired) electrons. The molecule has 3 aromatic heterocycles. The Morgan fingerprint density at radius 2 is 1.83 bits per heavy atom. The van der Waals surface area contributed by atoms with Crippen molar-refractivity contribution in [1.82, 2.24) is 24.7 Å². The third-order valence-electron chi connectivity index (χ3n) is 5.61. The second kappa shape index (κ2) is 7.97. The van der Waals surface area contributed by atoms with Crippen LogP contribution >= 0.6 is 0 Å². The summed E-state index contributed by atoms with van der Waals surface area (Å²) in [5, 5.41) is 8.84. The van der Waals surface area contributed by atoms with Crippen LogP contribution in [-0.2, 0) is 11.3 Å². The van der Waals surface area contributed by atoms with E-state index in [-0.39, 0.29) is 6.10 Å². The van der Waals surface area contributed by atoms with Crippen LogP contribution in [0, 0.1) is 13.8 Å². The molecule has 4 aromatic rings. The summed E-state index contributed by atoms with van der Waals surface area (Å²) < 4.78 is 7.93. The molecule has 30 heavy (non-hydrogen) atoms. The lowest BCUT2D eigenvalue weighted by Gasteiger charge is -2.31. The van der Waals surface area contributed by atoms with Crippen molar-refractivity contribution >= 4 is 5.52 Å². The van der Waals surface area contributed by atoms with Gasteiger partial charge >= 0.3 is 0 Å². The molecule has 1 aliphatic heterocycles. The van der Waals surface area contributed by atoms with Gasteiger partial charge in [-0.25, -0.2) is 4.52 Å². The minimum absolute atomic E-state index is 0.0914. The number of hydrogen-bond donors (Lipinski definition) is 0. The summed E-state index contributed by atoms with van der Waals surface area (Å²) in [5.41, 5.74) is 7.57. The Morgan fingerprint density at radius 3 is 2.67 bits per heavy atom. The predicted octanol–water partition coefficient (Wildman–Crippen LogP) is 3.98. The van der Waals surface area contributed by atoms with E-state index in [2.05, 4.69) is 75.7 Å². The van der Waals surface area contributed by atoms with E-state index in [1.54, 1.807) is 0 Å². The molecule has 152 valence electrons. The van der Waals surface area contributed by atoms with E-state index in [0.717, 1.165) is 47.8 Å². The Bertz CT molecular complexity index is 1170. The lowest BCUT2D eigenvalue weighted by Crippen LogP contribution is -2.38. The largest absolute Gasteiger partial charge is 0.369 e. The van der Waals surface area contributed by atoms with Gasteiger partial charge in [0.1, 0.15) is 11.8 Å². The summed E-state index contributed by atoms with van der Waals surface area (Å²) in [6.45, 7) is 7.29. The van der Waals surface area contributed by atoms with E-state index in [9.17, 15) is 0 Å². The van der Waals surface area contributed by atoms with Gasteiger partial charge in [-0.3, -0.25) is 9.88 Å². The van der Waals surface area contributed by atoms with Crippen LogP contribution in [-0.4, -0.2) is 44.4 Å². The molecule has 5 rings (SSSR count). The van der Waals surface area contributed by atoms with E-state index in [1.807, 2.05) is 23.7 Å². The zero-order valence-electron chi connectivity index (χ0n) is 17.3. The van der Waals surface area contributed by atoms with E-state index >= 15 is 0 Å². The second-order valence-corrected chi connectivity index (χ2v) is 7.95. The van der Waals surface area contributed by atoms with Crippen LogP contribution in [0.2, 0.25) is 0 Å². The van der Waals surface area contributed by atoms with Crippen LogP contribution in [0.1, 0.15) is 28.7 Å². The Hall–Kier alpha value is -3.09. The topological polar surface area (TPSA) is 55.5 Å². The highest BCUT2D eigenvalue weighted by atomic mass is 16.5. The standard InChI is InChI=1S/C24H25N5O/c1-17-6-8-19(9-7-17)20-10-11-22-24(26-27-29(22)14-20)23-16-28(12-13-30-23)15-21-5-3-4-18(2)25-21/h3-11,14,23H,12-13,15-16H2,1-2H3/t23-/m1/s1. The molecular formula is C24H25N5O. The molecule has 6 heteroatoms. The smallest absolute Gasteiger partial charge is 0.121 e. The van der Waals surface area contributed by atoms with Crippen molar-refractivity contribution in [2.45, 2.75) is 26.5 Å². The molecule has 0 saturated carbocycles. The molecule has 1 fully saturated rings. The highest BCUT2D eigenvalue weighted by Crippen LogP contribution is 2.27. The first-order valence-electron chi connectivity index (χ1n) is 10.3. The maximum atomic E-state index is 6.07. The number of aryl methyl sites for hydroxylation is 2. The van der Waals surface area contributed by atoms with Gasteiger partial charge in [0.2, 0.25) is 0 Å². The number of aromatic nitrogens is 4. The normalized spacial score (nSPS) is 17.5. The van der Waals surface area contributed by atoms with E-state index in [0.29, 0.717) is 6.61 Å². The fourth-order valence-electron chi connectivity index (χ4n) is 3.99. The summed E-state index contributed by atoms with van der Waals surface area (Å²) in [6.07, 6.45) is 1.94. The van der Waals surface area contributed by atoms with Crippen molar-refractivity contribution in [3.63, 3.8) is 0 Å². The number of hydrogen-bond acceptors (Lipinski definition) is 5. The zero-order valence-corrected chi connectivity index (χ0v) is 17.3. The van der Waals surface area contributed by atoms with Crippen LogP contribution < -0.4 is 0 Å². The molecule has 0 spiro atoms. The molecule has 1 saturated heterocycles. The lowest BCUT2D eigenvalue weighted by atomic mass is 10.1. The first-order chi connectivity index (χ1) is 14.7. The minimum atomic E-state index is -0.0914. The number of pyridine rings is 2. The fraction of sp³-hybridized carbons (Fsp3) is 0.292. The van der Waals surface area contributed by atoms with Gasteiger partial charge < -0.3 is 4.74 Å². The van der Waals surface area contributed by atoms with Gasteiger partial charge in [-0.1, -0.05) is 47.2 Å². The van der Waals surface area contributed by atoms with E-state index in [1.165, 1.54) is 11.1 Å². The molecule has 0 N–H and O–H groups in total. The maximum Gasteiger partial charge on any atom is 0.121 e. The van der Waals surface area contributed by atoms with Gasteiger partial charge in [-0.05, 0) is 37.6 Å². The average Bonchev–Trinajstić information content (AvgIpc) is 3.18. The third-order valence-corrected chi connectivity index (χ3v) is 5.61. The van der Waals surface area contributed by atoms with Crippen LogP contribution in [0.5, 0.6) is 0 Å². The molecule has 0 unspecified atom stereocenters. The molecule has 0 bridgehead atoms. The van der Waals surface area contributed by atoms with Crippen LogP contribution in [0.4, 0.5) is 0 Å². The van der Waals surface area contributed by atoms with Gasteiger partial charge in [-0.15, -0.1) is 5.10 Å². The SMILES string of the molecule is Cc1ccc(-c2ccc3c([C@H]4CN(Cc5cccc(C)n5)CCO4)nnn3c2)cc1. The number of rotatable bonds is 4. The van der Waals surface area contributed by atoms with Crippen LogP contribution in [0.3, 0.4) is 0 Å². The van der Waals surface area contributed by atoms with Crippen molar-refractivity contribution in [1.29, 1.82) is 0 Å². The average molecular weight is 399 g/mol. The number of nitrogens with zero attached hydrogens (tertiary/aromatic N) is 5. The van der Waals surface area contributed by atoms with Gasteiger partial charge in [0.05, 0.1) is 17.8 Å². The van der Waals surface area contributed by atoms with Gasteiger partial charge in [0.15, 0.2) is 0 Å². The monoisotopic (exact) mass is 399 g/mol. The van der Waals surface area contributed by atoms with Crippen molar-refractivity contribution in [3.05, 3.63) is 83.4 Å². The van der Waals surface area contributed by atoms with Crippen molar-refractivity contribution in [3.8, 4) is 11.1 Å². The minimum Gasteiger partial charge on any atom is -0.369 e. The molecule has 4 heterocycles. The second-order valence-electron chi connectivity index (χ2n) is 7.95. The molecule has 6 nitrogen and oxygen atoms in total. The third kappa shape index (κ3) is 3.84. The number of fused-ring (bicyclic) bond motifs is 1. The van der Waals surface area contributed by atoms with E-state index < -0.39 is 0 Å². The van der Waals surface area contributed by atoms with Gasteiger partial charge in [0, 0.05) is 37.1 Å². The van der Waals surface area contributed by atoms with E-state index in [4.69, 9.17) is 4.74 Å². The van der Waals surface area contributed by atoms with Crippen LogP contribution in [0.15, 0.2) is 60.8 Å². The Kier molecular flexibility index (Phi) is 5.02. The summed E-state index contributed by atoms with van der Waals surface area (Å²) in [6, 6.07) is 18.9. The maximum absolute atomic E-state index is 6.07. The summed E-state index contributed by atoms with van der Waals surface area (Å²) in [7, 11) is 0. The predicted molar refractivity (Wildman–Crippen MR) is 116 cm³/mol. The van der Waals surface area contributed by atoms with Crippen LogP contribution in [0.25, 0.3) is 16.6 Å². The number of ether oxygens (including phenoxy) is 1. The molecular weight excluding hydrogens is 374 g/mol. The lowest BCUT2D eigenvalue weighted by molar-refractivity contribution is -0.0346. The fourth-order valence-corrected chi connectivity index (χ4v) is 3.99. The van der Waals surface area contributed by atoms with Crippen molar-refractivity contribution < 1.29 is 4.74 Å². The Balaban J connectivity index is 1.37. The zero-order chi connectivity index (χ0) is 20.5. The highest BCUT2D eigenvalue weighted by Gasteiger charge is 2.26. The molecule has 0 amide bonds. The molecule has 1 aliphatic rings. The molecule has 0 aliphatic carbocycles. The molecule has 1 aromatic carbocycles. The van der Waals surface area contributed by atoms with Gasteiger partial charge in [0.25, 0.3) is 0 Å². The highest BCUT2D eigenvalue weighted by molar-refractivity contribution is 5.66. The number of morpholine rings is 1. The first kappa shape index (κ1) is 18.9. The Labute approximate surface area is 176 Å². The van der Waals surface area contributed by atoms with Crippen molar-refractivity contribution in [2.75, 3.05) is 19.7 Å². The van der Waals surface area contributed by atoms with Crippen molar-refractivity contribution in [2.24, 2.45) is 0 Å². The van der Waals surface area contributed by atoms with Gasteiger partial charge in [-0.2, -0.15) is 0 Å². The summed E-state index contributed by atoms with van der Waals surface area (Å²) in [5.74, 6) is 0. The summed E-state index contributed by atoms with van der Waals surface area (Å²) in [4.78, 5) is 7.01. The quantitative estimate of drug-likeness (QED) is 0.520.